The monoisotopic (exact) mass is 501 g/mol. The van der Waals surface area contributed by atoms with Crippen molar-refractivity contribution >= 4 is 23.1 Å². The summed E-state index contributed by atoms with van der Waals surface area (Å²) < 4.78 is 9.00. The van der Waals surface area contributed by atoms with Crippen molar-refractivity contribution in [3.63, 3.8) is 0 Å². The molecule has 0 spiro atoms. The maximum atomic E-state index is 13.4. The van der Waals surface area contributed by atoms with Gasteiger partial charge in [-0.25, -0.2) is 9.97 Å². The van der Waals surface area contributed by atoms with Crippen molar-refractivity contribution in [3.8, 4) is 11.5 Å². The molecule has 1 aliphatic rings. The van der Waals surface area contributed by atoms with E-state index in [1.54, 1.807) is 31.6 Å². The molecule has 5 rings (SSSR count). The number of hydrogen-bond acceptors (Lipinski definition) is 7. The number of carbonyl (C=O) groups excluding carboxylic acids is 2. The second-order valence-electron chi connectivity index (χ2n) is 9.01. The molecule has 4 aromatic rings. The van der Waals surface area contributed by atoms with Gasteiger partial charge in [-0.2, -0.15) is 0 Å². The zero-order valence-electron chi connectivity index (χ0n) is 20.8. The number of Topliss-reactive ketones (excluding diaryl/α,β-unsaturated/α-hetero) is 1. The van der Waals surface area contributed by atoms with Gasteiger partial charge in [-0.1, -0.05) is 12.1 Å². The average molecular weight is 502 g/mol. The summed E-state index contributed by atoms with van der Waals surface area (Å²) in [7, 11) is 1.42. The second kappa shape index (κ2) is 9.45. The van der Waals surface area contributed by atoms with Crippen LogP contribution in [0.4, 0.5) is 0 Å². The molecular formula is C27H27N5O5. The highest BCUT2D eigenvalue weighted by Gasteiger charge is 2.46. The Labute approximate surface area is 213 Å². The summed E-state index contributed by atoms with van der Waals surface area (Å²) in [6, 6.07) is 7.53. The Bertz CT molecular complexity index is 1540. The number of phenols is 1. The van der Waals surface area contributed by atoms with E-state index in [1.807, 2.05) is 40.4 Å². The molecule has 4 heterocycles. The van der Waals surface area contributed by atoms with Crippen LogP contribution in [-0.2, 0) is 16.1 Å². The van der Waals surface area contributed by atoms with Gasteiger partial charge in [0.05, 0.1) is 30.7 Å². The molecule has 3 aromatic heterocycles. The van der Waals surface area contributed by atoms with Gasteiger partial charge in [0.2, 0.25) is 0 Å². The number of fused-ring (bicyclic) bond motifs is 1. The number of phenolic OH excluding ortho intramolecular Hbond substituents is 1. The van der Waals surface area contributed by atoms with Crippen LogP contribution >= 0.6 is 0 Å². The van der Waals surface area contributed by atoms with Gasteiger partial charge in [-0.3, -0.25) is 9.59 Å². The summed E-state index contributed by atoms with van der Waals surface area (Å²) in [4.78, 5) is 36.7. The van der Waals surface area contributed by atoms with E-state index in [-0.39, 0.29) is 35.1 Å². The largest absolute Gasteiger partial charge is 0.505 e. The highest BCUT2D eigenvalue weighted by Crippen LogP contribution is 2.42. The Balaban J connectivity index is 1.63. The van der Waals surface area contributed by atoms with Crippen LogP contribution in [0.25, 0.3) is 11.4 Å². The van der Waals surface area contributed by atoms with Crippen molar-refractivity contribution in [2.24, 2.45) is 0 Å². The Morgan fingerprint density at radius 1 is 1.14 bits per heavy atom. The molecule has 10 heteroatoms. The summed E-state index contributed by atoms with van der Waals surface area (Å²) >= 11 is 0. The SMILES string of the molecule is COc1cc(C2C(=C(O)c3nc4c(C)cccn4c3C)C(=O)C(=O)N2CCCn2ccnc2)ccc1O. The number of hydrogen-bond donors (Lipinski definition) is 2. The fourth-order valence-electron chi connectivity index (χ4n) is 4.84. The highest BCUT2D eigenvalue weighted by molar-refractivity contribution is 6.46. The number of benzene rings is 1. The smallest absolute Gasteiger partial charge is 0.295 e. The molecule has 1 fully saturated rings. The molecule has 1 amide bonds. The third-order valence-electron chi connectivity index (χ3n) is 6.74. The standard InChI is InChI=1S/C27H27N5O5/c1-16-6-4-11-31-17(2)22(29-26(16)31)24(34)21-23(18-7-8-19(33)20(14-18)37-3)32(27(36)25(21)35)12-5-10-30-13-9-28-15-30/h4,6-9,11,13-15,23,33-34H,5,10,12H2,1-3H3. The molecule has 2 N–H and O–H groups in total. The molecule has 10 nitrogen and oxygen atoms in total. The van der Waals surface area contributed by atoms with Crippen LogP contribution in [0.2, 0.25) is 0 Å². The number of amides is 1. The van der Waals surface area contributed by atoms with E-state index >= 15 is 0 Å². The number of likely N-dealkylation sites (tertiary alicyclic amines) is 1. The summed E-state index contributed by atoms with van der Waals surface area (Å²) in [5.74, 6) is -1.71. The van der Waals surface area contributed by atoms with Crippen LogP contribution in [0.1, 0.15) is 35.0 Å². The molecule has 1 atom stereocenters. The van der Waals surface area contributed by atoms with E-state index in [4.69, 9.17) is 4.74 Å². The van der Waals surface area contributed by atoms with Crippen molar-refractivity contribution in [2.75, 3.05) is 13.7 Å². The van der Waals surface area contributed by atoms with Gasteiger partial charge in [-0.05, 0) is 49.6 Å². The number of aryl methyl sites for hydroxylation is 3. The molecule has 0 aliphatic carbocycles. The minimum absolute atomic E-state index is 0.0514. The van der Waals surface area contributed by atoms with E-state index in [0.29, 0.717) is 29.9 Å². The van der Waals surface area contributed by atoms with E-state index in [9.17, 15) is 19.8 Å². The summed E-state index contributed by atoms with van der Waals surface area (Å²) in [5.41, 5.74) is 2.91. The third-order valence-corrected chi connectivity index (χ3v) is 6.74. The molecule has 1 saturated heterocycles. The minimum Gasteiger partial charge on any atom is -0.505 e. The quantitative estimate of drug-likeness (QED) is 0.226. The molecule has 0 saturated carbocycles. The lowest BCUT2D eigenvalue weighted by molar-refractivity contribution is -0.139. The van der Waals surface area contributed by atoms with E-state index < -0.39 is 17.7 Å². The first-order chi connectivity index (χ1) is 17.8. The van der Waals surface area contributed by atoms with E-state index in [0.717, 1.165) is 5.56 Å². The Hall–Kier alpha value is -4.60. The van der Waals surface area contributed by atoms with Crippen LogP contribution in [-0.4, -0.2) is 59.4 Å². The fraction of sp³-hybridized carbons (Fsp3) is 0.259. The van der Waals surface area contributed by atoms with Crippen molar-refractivity contribution in [3.05, 3.63) is 83.3 Å². The summed E-state index contributed by atoms with van der Waals surface area (Å²) in [5, 5.41) is 21.6. The van der Waals surface area contributed by atoms with Crippen molar-refractivity contribution in [1.82, 2.24) is 23.8 Å². The number of pyridine rings is 1. The average Bonchev–Trinajstić information content (AvgIpc) is 3.59. The number of rotatable bonds is 7. The normalized spacial score (nSPS) is 17.2. The van der Waals surface area contributed by atoms with E-state index in [2.05, 4.69) is 9.97 Å². The Morgan fingerprint density at radius 2 is 1.95 bits per heavy atom. The third kappa shape index (κ3) is 4.10. The van der Waals surface area contributed by atoms with Gasteiger partial charge in [0.15, 0.2) is 17.3 Å². The number of ketones is 1. The number of aliphatic hydroxyl groups is 1. The number of imidazole rings is 2. The first kappa shape index (κ1) is 24.1. The van der Waals surface area contributed by atoms with Crippen molar-refractivity contribution in [2.45, 2.75) is 32.9 Å². The lowest BCUT2D eigenvalue weighted by atomic mass is 9.96. The van der Waals surface area contributed by atoms with E-state index in [1.165, 1.54) is 18.1 Å². The number of methoxy groups -OCH3 is 1. The predicted octanol–water partition coefficient (Wildman–Crippen LogP) is 3.37. The fourth-order valence-corrected chi connectivity index (χ4v) is 4.84. The first-order valence-corrected chi connectivity index (χ1v) is 11.9. The first-order valence-electron chi connectivity index (χ1n) is 11.9. The number of aliphatic hydroxyl groups excluding tert-OH is 1. The van der Waals surface area contributed by atoms with Crippen LogP contribution in [0.3, 0.4) is 0 Å². The Kier molecular flexibility index (Phi) is 6.16. The van der Waals surface area contributed by atoms with Crippen molar-refractivity contribution in [1.29, 1.82) is 0 Å². The lowest BCUT2D eigenvalue weighted by Gasteiger charge is -2.25. The maximum absolute atomic E-state index is 13.4. The molecule has 37 heavy (non-hydrogen) atoms. The van der Waals surface area contributed by atoms with Crippen molar-refractivity contribution < 1.29 is 24.5 Å². The van der Waals surface area contributed by atoms with Crippen LogP contribution in [0.15, 0.2) is 60.8 Å². The number of nitrogens with zero attached hydrogens (tertiary/aromatic N) is 5. The number of aromatic nitrogens is 4. The zero-order chi connectivity index (χ0) is 26.3. The van der Waals surface area contributed by atoms with Crippen LogP contribution in [0.5, 0.6) is 11.5 Å². The second-order valence-corrected chi connectivity index (χ2v) is 9.01. The molecule has 1 unspecified atom stereocenters. The number of aromatic hydroxyl groups is 1. The predicted molar refractivity (Wildman–Crippen MR) is 135 cm³/mol. The maximum Gasteiger partial charge on any atom is 0.295 e. The van der Waals surface area contributed by atoms with Crippen LogP contribution < -0.4 is 4.74 Å². The molecular weight excluding hydrogens is 474 g/mol. The van der Waals surface area contributed by atoms with Gasteiger partial charge in [0.25, 0.3) is 11.7 Å². The minimum atomic E-state index is -0.886. The molecule has 190 valence electrons. The Morgan fingerprint density at radius 3 is 2.65 bits per heavy atom. The summed E-state index contributed by atoms with van der Waals surface area (Å²) in [6.45, 7) is 4.57. The molecule has 0 bridgehead atoms. The number of carbonyl (C=O) groups is 2. The van der Waals surface area contributed by atoms with Gasteiger partial charge in [0.1, 0.15) is 11.3 Å². The number of ether oxygens (including phenoxy) is 1. The van der Waals surface area contributed by atoms with Gasteiger partial charge in [-0.15, -0.1) is 0 Å². The van der Waals surface area contributed by atoms with Crippen LogP contribution in [0, 0.1) is 13.8 Å². The molecule has 0 radical (unpaired) electrons. The molecule has 1 aromatic carbocycles. The van der Waals surface area contributed by atoms with Gasteiger partial charge < -0.3 is 28.8 Å². The summed E-state index contributed by atoms with van der Waals surface area (Å²) in [6.07, 6.45) is 7.57. The topological polar surface area (TPSA) is 122 Å². The molecule has 1 aliphatic heterocycles. The van der Waals surface area contributed by atoms with Gasteiger partial charge in [0, 0.05) is 31.7 Å². The zero-order valence-corrected chi connectivity index (χ0v) is 20.8. The highest BCUT2D eigenvalue weighted by atomic mass is 16.5. The van der Waals surface area contributed by atoms with Gasteiger partial charge >= 0.3 is 0 Å². The lowest BCUT2D eigenvalue weighted by Crippen LogP contribution is -2.31.